The van der Waals surface area contributed by atoms with Crippen LogP contribution in [0.5, 0.6) is 0 Å². The fourth-order valence-electron chi connectivity index (χ4n) is 1.03. The second-order valence-corrected chi connectivity index (χ2v) is 2.92. The Kier molecular flexibility index (Phi) is 3.61. The zero-order valence-electron chi connectivity index (χ0n) is 8.15. The second-order valence-electron chi connectivity index (χ2n) is 2.92. The molecule has 0 fully saturated rings. The fraction of sp³-hybridized carbons (Fsp3) is 0.222. The molecular formula is C9H11N3O3. The number of amides is 2. The first kappa shape index (κ1) is 11.0. The predicted octanol–water partition coefficient (Wildman–Crippen LogP) is 0.808. The highest BCUT2D eigenvalue weighted by atomic mass is 16.4. The van der Waals surface area contributed by atoms with Gasteiger partial charge in [-0.15, -0.1) is 0 Å². The van der Waals surface area contributed by atoms with Crippen molar-refractivity contribution in [2.45, 2.75) is 13.5 Å². The van der Waals surface area contributed by atoms with Crippen LogP contribution in [0.2, 0.25) is 0 Å². The van der Waals surface area contributed by atoms with Crippen molar-refractivity contribution < 1.29 is 14.7 Å². The molecule has 0 aromatic carbocycles. The maximum absolute atomic E-state index is 10.7. The summed E-state index contributed by atoms with van der Waals surface area (Å²) < 4.78 is 0. The molecule has 0 aliphatic rings. The van der Waals surface area contributed by atoms with Gasteiger partial charge in [-0.05, 0) is 11.6 Å². The van der Waals surface area contributed by atoms with Crippen LogP contribution in [0.3, 0.4) is 0 Å². The minimum Gasteiger partial charge on any atom is -0.465 e. The Balaban J connectivity index is 2.65. The van der Waals surface area contributed by atoms with E-state index in [1.807, 2.05) is 0 Å². The molecule has 0 saturated carbocycles. The van der Waals surface area contributed by atoms with Crippen molar-refractivity contribution in [3.63, 3.8) is 0 Å². The zero-order valence-corrected chi connectivity index (χ0v) is 8.15. The van der Waals surface area contributed by atoms with Gasteiger partial charge in [-0.1, -0.05) is 0 Å². The molecule has 2 amide bonds. The molecule has 6 nitrogen and oxygen atoms in total. The largest absolute Gasteiger partial charge is 0.465 e. The molecule has 6 heteroatoms. The highest BCUT2D eigenvalue weighted by molar-refractivity contribution is 5.88. The molecule has 0 spiro atoms. The summed E-state index contributed by atoms with van der Waals surface area (Å²) in [6.07, 6.45) is 1.92. The first-order chi connectivity index (χ1) is 7.08. The quantitative estimate of drug-likeness (QED) is 0.686. The van der Waals surface area contributed by atoms with E-state index in [0.29, 0.717) is 11.3 Å². The van der Waals surface area contributed by atoms with E-state index < -0.39 is 6.09 Å². The van der Waals surface area contributed by atoms with Gasteiger partial charge in [0, 0.05) is 19.7 Å². The first-order valence-electron chi connectivity index (χ1n) is 4.26. The van der Waals surface area contributed by atoms with E-state index in [2.05, 4.69) is 15.6 Å². The number of pyridine rings is 1. The highest BCUT2D eigenvalue weighted by Gasteiger charge is 2.00. The molecule has 3 N–H and O–H groups in total. The first-order valence-corrected chi connectivity index (χ1v) is 4.26. The van der Waals surface area contributed by atoms with Crippen LogP contribution in [-0.2, 0) is 11.3 Å². The van der Waals surface area contributed by atoms with Gasteiger partial charge in [0.2, 0.25) is 5.91 Å². The smallest absolute Gasteiger partial charge is 0.404 e. The number of hydrogen-bond acceptors (Lipinski definition) is 3. The van der Waals surface area contributed by atoms with Crippen molar-refractivity contribution in [3.05, 3.63) is 24.0 Å². The second kappa shape index (κ2) is 4.94. The van der Waals surface area contributed by atoms with Gasteiger partial charge >= 0.3 is 6.09 Å². The lowest BCUT2D eigenvalue weighted by Crippen LogP contribution is -2.20. The van der Waals surface area contributed by atoms with Gasteiger partial charge in [-0.2, -0.15) is 0 Å². The Bertz CT molecular complexity index is 379. The van der Waals surface area contributed by atoms with Crippen molar-refractivity contribution in [2.75, 3.05) is 5.32 Å². The van der Waals surface area contributed by atoms with Crippen molar-refractivity contribution in [1.82, 2.24) is 10.3 Å². The summed E-state index contributed by atoms with van der Waals surface area (Å²) in [5, 5.41) is 13.2. The van der Waals surface area contributed by atoms with E-state index in [0.717, 1.165) is 0 Å². The molecule has 1 aromatic heterocycles. The van der Waals surface area contributed by atoms with Crippen molar-refractivity contribution in [3.8, 4) is 0 Å². The molecule has 0 radical (unpaired) electrons. The number of aromatic nitrogens is 1. The lowest BCUT2D eigenvalue weighted by atomic mass is 10.2. The Hall–Kier alpha value is -2.11. The third-order valence-corrected chi connectivity index (χ3v) is 1.56. The highest BCUT2D eigenvalue weighted by Crippen LogP contribution is 2.07. The summed E-state index contributed by atoms with van der Waals surface area (Å²) >= 11 is 0. The molecule has 1 heterocycles. The van der Waals surface area contributed by atoms with Crippen LogP contribution in [0.1, 0.15) is 12.5 Å². The summed E-state index contributed by atoms with van der Waals surface area (Å²) in [7, 11) is 0. The maximum atomic E-state index is 10.7. The molecule has 0 saturated heterocycles. The van der Waals surface area contributed by atoms with E-state index >= 15 is 0 Å². The monoisotopic (exact) mass is 209 g/mol. The van der Waals surface area contributed by atoms with Gasteiger partial charge in [0.05, 0.1) is 11.9 Å². The van der Waals surface area contributed by atoms with Gasteiger partial charge in [0.25, 0.3) is 0 Å². The third-order valence-electron chi connectivity index (χ3n) is 1.56. The predicted molar refractivity (Wildman–Crippen MR) is 53.4 cm³/mol. The van der Waals surface area contributed by atoms with Crippen molar-refractivity contribution >= 4 is 17.7 Å². The zero-order chi connectivity index (χ0) is 11.3. The number of nitrogens with one attached hydrogen (secondary N) is 2. The number of carbonyl (C=O) groups is 2. The lowest BCUT2D eigenvalue weighted by Gasteiger charge is -2.04. The van der Waals surface area contributed by atoms with Crippen LogP contribution in [0.4, 0.5) is 10.5 Å². The molecule has 80 valence electrons. The molecule has 0 atom stereocenters. The van der Waals surface area contributed by atoms with Gasteiger partial charge in [0.15, 0.2) is 0 Å². The fourth-order valence-corrected chi connectivity index (χ4v) is 1.03. The summed E-state index contributed by atoms with van der Waals surface area (Å²) in [6, 6.07) is 1.66. The van der Waals surface area contributed by atoms with E-state index in [1.165, 1.54) is 19.3 Å². The summed E-state index contributed by atoms with van der Waals surface area (Å²) in [6.45, 7) is 1.55. The van der Waals surface area contributed by atoms with Gasteiger partial charge in [-0.3, -0.25) is 9.78 Å². The van der Waals surface area contributed by atoms with Crippen LogP contribution in [0.25, 0.3) is 0 Å². The van der Waals surface area contributed by atoms with Crippen LogP contribution >= 0.6 is 0 Å². The summed E-state index contributed by atoms with van der Waals surface area (Å²) in [5.41, 5.74) is 1.23. The molecular weight excluding hydrogens is 198 g/mol. The minimum absolute atomic E-state index is 0.162. The molecule has 1 rings (SSSR count). The molecule has 1 aromatic rings. The molecule has 0 aliphatic heterocycles. The van der Waals surface area contributed by atoms with Crippen LogP contribution < -0.4 is 10.6 Å². The molecule has 0 aliphatic carbocycles. The van der Waals surface area contributed by atoms with Crippen molar-refractivity contribution in [1.29, 1.82) is 0 Å². The number of nitrogens with zero attached hydrogens (tertiary/aromatic N) is 1. The van der Waals surface area contributed by atoms with Crippen LogP contribution in [0.15, 0.2) is 18.5 Å². The van der Waals surface area contributed by atoms with E-state index in [4.69, 9.17) is 5.11 Å². The van der Waals surface area contributed by atoms with Crippen molar-refractivity contribution in [2.24, 2.45) is 0 Å². The average molecular weight is 209 g/mol. The van der Waals surface area contributed by atoms with Crippen LogP contribution in [0, 0.1) is 0 Å². The Morgan fingerprint density at radius 2 is 2.20 bits per heavy atom. The Labute approximate surface area is 86.3 Å². The number of carboxylic acid groups (broad SMARTS) is 1. The van der Waals surface area contributed by atoms with Gasteiger partial charge in [-0.25, -0.2) is 4.79 Å². The SMILES string of the molecule is CC(=O)Nc1cncc(CNC(=O)O)c1. The number of anilines is 1. The number of carbonyl (C=O) groups excluding carboxylic acids is 1. The van der Waals surface area contributed by atoms with E-state index in [-0.39, 0.29) is 12.5 Å². The standard InChI is InChI=1S/C9H11N3O3/c1-6(13)12-8-2-7(3-10-5-8)4-11-9(14)15/h2-3,5,11H,4H2,1H3,(H,12,13)(H,14,15). The molecule has 15 heavy (non-hydrogen) atoms. The topological polar surface area (TPSA) is 91.3 Å². The van der Waals surface area contributed by atoms with Crippen LogP contribution in [-0.4, -0.2) is 22.1 Å². The minimum atomic E-state index is -1.10. The molecule has 0 unspecified atom stereocenters. The number of rotatable bonds is 3. The van der Waals surface area contributed by atoms with E-state index in [1.54, 1.807) is 6.07 Å². The van der Waals surface area contributed by atoms with E-state index in [9.17, 15) is 9.59 Å². The third kappa shape index (κ3) is 4.08. The Morgan fingerprint density at radius 3 is 2.80 bits per heavy atom. The maximum Gasteiger partial charge on any atom is 0.404 e. The lowest BCUT2D eigenvalue weighted by molar-refractivity contribution is -0.114. The average Bonchev–Trinajstić information content (AvgIpc) is 2.14. The Morgan fingerprint density at radius 1 is 1.47 bits per heavy atom. The van der Waals surface area contributed by atoms with Gasteiger partial charge < -0.3 is 15.7 Å². The molecule has 0 bridgehead atoms. The van der Waals surface area contributed by atoms with Gasteiger partial charge in [0.1, 0.15) is 0 Å². The summed E-state index contributed by atoms with van der Waals surface area (Å²) in [4.78, 5) is 24.8. The summed E-state index contributed by atoms with van der Waals surface area (Å²) in [5.74, 6) is -0.194. The number of hydrogen-bond donors (Lipinski definition) is 3. The normalized spacial score (nSPS) is 9.40.